The standard InChI is InChI=1S/C14H21NO2/c16-10-11-4-6-13(7-5-11)15-9-12-2-1-3-14(17)8-12/h1-3,8,11,13,15-17H,4-7,9-10H2. The van der Waals surface area contributed by atoms with Crippen molar-refractivity contribution in [1.82, 2.24) is 5.32 Å². The van der Waals surface area contributed by atoms with Crippen molar-refractivity contribution >= 4 is 0 Å². The van der Waals surface area contributed by atoms with E-state index in [4.69, 9.17) is 5.11 Å². The number of aromatic hydroxyl groups is 1. The number of aliphatic hydroxyl groups is 1. The zero-order valence-corrected chi connectivity index (χ0v) is 10.1. The highest BCUT2D eigenvalue weighted by atomic mass is 16.3. The third-order valence-corrected chi connectivity index (χ3v) is 3.61. The lowest BCUT2D eigenvalue weighted by Gasteiger charge is -2.28. The maximum Gasteiger partial charge on any atom is 0.115 e. The van der Waals surface area contributed by atoms with Crippen LogP contribution in [0, 0.1) is 5.92 Å². The second kappa shape index (κ2) is 6.03. The number of benzene rings is 1. The number of nitrogens with one attached hydrogen (secondary N) is 1. The monoisotopic (exact) mass is 235 g/mol. The van der Waals surface area contributed by atoms with Crippen LogP contribution >= 0.6 is 0 Å². The summed E-state index contributed by atoms with van der Waals surface area (Å²) in [4.78, 5) is 0. The summed E-state index contributed by atoms with van der Waals surface area (Å²) in [6.45, 7) is 1.14. The Labute approximate surface area is 102 Å². The average Bonchev–Trinajstić information content (AvgIpc) is 2.37. The Balaban J connectivity index is 1.76. The van der Waals surface area contributed by atoms with Gasteiger partial charge in [0.25, 0.3) is 0 Å². The molecule has 0 saturated heterocycles. The van der Waals surface area contributed by atoms with Crippen LogP contribution in [0.25, 0.3) is 0 Å². The van der Waals surface area contributed by atoms with E-state index >= 15 is 0 Å². The summed E-state index contributed by atoms with van der Waals surface area (Å²) in [6, 6.07) is 7.93. The van der Waals surface area contributed by atoms with Gasteiger partial charge in [-0.05, 0) is 49.3 Å². The fraction of sp³-hybridized carbons (Fsp3) is 0.571. The van der Waals surface area contributed by atoms with Crippen LogP contribution in [0.3, 0.4) is 0 Å². The summed E-state index contributed by atoms with van der Waals surface area (Å²) in [5.41, 5.74) is 1.12. The predicted octanol–water partition coefficient (Wildman–Crippen LogP) is 2.03. The van der Waals surface area contributed by atoms with E-state index in [1.807, 2.05) is 12.1 Å². The summed E-state index contributed by atoms with van der Waals surface area (Å²) in [5.74, 6) is 0.835. The van der Waals surface area contributed by atoms with Crippen molar-refractivity contribution < 1.29 is 10.2 Å². The van der Waals surface area contributed by atoms with Gasteiger partial charge < -0.3 is 15.5 Å². The SMILES string of the molecule is OCC1CCC(NCc2cccc(O)c2)CC1. The maximum atomic E-state index is 9.36. The van der Waals surface area contributed by atoms with Gasteiger partial charge in [-0.1, -0.05) is 12.1 Å². The van der Waals surface area contributed by atoms with Gasteiger partial charge in [0.15, 0.2) is 0 Å². The Bertz CT molecular complexity index is 346. The molecule has 17 heavy (non-hydrogen) atoms. The van der Waals surface area contributed by atoms with Crippen molar-refractivity contribution in [1.29, 1.82) is 0 Å². The lowest BCUT2D eigenvalue weighted by atomic mass is 9.86. The van der Waals surface area contributed by atoms with E-state index in [1.54, 1.807) is 12.1 Å². The third kappa shape index (κ3) is 3.72. The van der Waals surface area contributed by atoms with E-state index in [1.165, 1.54) is 0 Å². The second-order valence-corrected chi connectivity index (χ2v) is 4.95. The lowest BCUT2D eigenvalue weighted by Crippen LogP contribution is -2.33. The van der Waals surface area contributed by atoms with E-state index < -0.39 is 0 Å². The highest BCUT2D eigenvalue weighted by Crippen LogP contribution is 2.24. The Hall–Kier alpha value is -1.06. The first-order chi connectivity index (χ1) is 8.28. The molecule has 0 bridgehead atoms. The number of phenolic OH excluding ortho intramolecular Hbond substituents is 1. The Morgan fingerprint density at radius 2 is 1.94 bits per heavy atom. The van der Waals surface area contributed by atoms with Crippen LogP contribution in [0.2, 0.25) is 0 Å². The van der Waals surface area contributed by atoms with Crippen molar-refractivity contribution in [2.24, 2.45) is 5.92 Å². The first-order valence-electron chi connectivity index (χ1n) is 6.40. The number of rotatable bonds is 4. The Morgan fingerprint density at radius 3 is 2.59 bits per heavy atom. The Morgan fingerprint density at radius 1 is 1.18 bits per heavy atom. The molecule has 1 aliphatic carbocycles. The molecule has 3 heteroatoms. The van der Waals surface area contributed by atoms with Gasteiger partial charge in [-0.3, -0.25) is 0 Å². The molecule has 1 fully saturated rings. The van der Waals surface area contributed by atoms with Crippen molar-refractivity contribution in [2.75, 3.05) is 6.61 Å². The molecule has 0 spiro atoms. The molecule has 1 aliphatic rings. The topological polar surface area (TPSA) is 52.5 Å². The predicted molar refractivity (Wildman–Crippen MR) is 67.8 cm³/mol. The largest absolute Gasteiger partial charge is 0.508 e. The summed E-state index contributed by atoms with van der Waals surface area (Å²) in [7, 11) is 0. The lowest BCUT2D eigenvalue weighted by molar-refractivity contribution is 0.175. The molecular formula is C14H21NO2. The van der Waals surface area contributed by atoms with Gasteiger partial charge in [0.2, 0.25) is 0 Å². The van der Waals surface area contributed by atoms with Crippen molar-refractivity contribution in [3.05, 3.63) is 29.8 Å². The van der Waals surface area contributed by atoms with Gasteiger partial charge in [0.05, 0.1) is 0 Å². The Kier molecular flexibility index (Phi) is 4.40. The summed E-state index contributed by atoms with van der Waals surface area (Å²) in [5, 5.41) is 21.9. The molecular weight excluding hydrogens is 214 g/mol. The molecule has 0 atom stereocenters. The van der Waals surface area contributed by atoms with E-state index in [9.17, 15) is 5.11 Å². The molecule has 3 nitrogen and oxygen atoms in total. The van der Waals surface area contributed by atoms with Gasteiger partial charge in [-0.2, -0.15) is 0 Å². The van der Waals surface area contributed by atoms with Crippen LogP contribution in [0.5, 0.6) is 5.75 Å². The zero-order chi connectivity index (χ0) is 12.1. The summed E-state index contributed by atoms with van der Waals surface area (Å²) in [6.07, 6.45) is 4.52. The van der Waals surface area contributed by atoms with Crippen LogP contribution in [0.1, 0.15) is 31.2 Å². The van der Waals surface area contributed by atoms with E-state index in [-0.39, 0.29) is 0 Å². The molecule has 1 aromatic rings. The normalized spacial score (nSPS) is 24.8. The van der Waals surface area contributed by atoms with Gasteiger partial charge in [0, 0.05) is 19.2 Å². The van der Waals surface area contributed by atoms with E-state index in [0.717, 1.165) is 37.8 Å². The first kappa shape index (κ1) is 12.4. The third-order valence-electron chi connectivity index (χ3n) is 3.61. The fourth-order valence-electron chi connectivity index (χ4n) is 2.48. The zero-order valence-electron chi connectivity index (χ0n) is 10.1. The molecule has 94 valence electrons. The van der Waals surface area contributed by atoms with Crippen molar-refractivity contribution in [3.63, 3.8) is 0 Å². The molecule has 0 aliphatic heterocycles. The molecule has 1 aromatic carbocycles. The number of hydrogen-bond donors (Lipinski definition) is 3. The molecule has 0 heterocycles. The smallest absolute Gasteiger partial charge is 0.115 e. The van der Waals surface area contributed by atoms with Crippen LogP contribution in [-0.4, -0.2) is 22.9 Å². The molecule has 0 radical (unpaired) electrons. The maximum absolute atomic E-state index is 9.36. The van der Waals surface area contributed by atoms with Gasteiger partial charge in [-0.15, -0.1) is 0 Å². The molecule has 0 unspecified atom stereocenters. The van der Waals surface area contributed by atoms with E-state index in [0.29, 0.717) is 24.3 Å². The van der Waals surface area contributed by atoms with Gasteiger partial charge in [0.1, 0.15) is 5.75 Å². The number of hydrogen-bond acceptors (Lipinski definition) is 3. The highest BCUT2D eigenvalue weighted by Gasteiger charge is 2.19. The molecule has 3 N–H and O–H groups in total. The molecule has 0 amide bonds. The molecule has 2 rings (SSSR count). The van der Waals surface area contributed by atoms with Crippen molar-refractivity contribution in [3.8, 4) is 5.75 Å². The van der Waals surface area contributed by atoms with Crippen LogP contribution in [0.15, 0.2) is 24.3 Å². The minimum absolute atomic E-state index is 0.327. The van der Waals surface area contributed by atoms with Crippen LogP contribution in [-0.2, 0) is 6.54 Å². The number of phenols is 1. The van der Waals surface area contributed by atoms with Crippen LogP contribution < -0.4 is 5.32 Å². The van der Waals surface area contributed by atoms with Gasteiger partial charge in [-0.25, -0.2) is 0 Å². The minimum atomic E-state index is 0.327. The van der Waals surface area contributed by atoms with Gasteiger partial charge >= 0.3 is 0 Å². The first-order valence-corrected chi connectivity index (χ1v) is 6.40. The quantitative estimate of drug-likeness (QED) is 0.748. The molecule has 0 aromatic heterocycles. The highest BCUT2D eigenvalue weighted by molar-refractivity contribution is 5.26. The average molecular weight is 235 g/mol. The van der Waals surface area contributed by atoms with Crippen molar-refractivity contribution in [2.45, 2.75) is 38.3 Å². The molecule has 1 saturated carbocycles. The summed E-state index contributed by atoms with van der Waals surface area (Å²) >= 11 is 0. The fourth-order valence-corrected chi connectivity index (χ4v) is 2.48. The van der Waals surface area contributed by atoms with E-state index in [2.05, 4.69) is 5.32 Å². The second-order valence-electron chi connectivity index (χ2n) is 4.95. The minimum Gasteiger partial charge on any atom is -0.508 e. The summed E-state index contributed by atoms with van der Waals surface area (Å²) < 4.78 is 0. The van der Waals surface area contributed by atoms with Crippen LogP contribution in [0.4, 0.5) is 0 Å². The number of aliphatic hydroxyl groups excluding tert-OH is 1.